The zero-order valence-electron chi connectivity index (χ0n) is 19.0. The monoisotopic (exact) mass is 499 g/mol. The molecule has 4 atom stereocenters. The van der Waals surface area contributed by atoms with Gasteiger partial charge in [0.25, 0.3) is 5.91 Å². The number of aliphatic imine (C=N–C) groups is 1. The summed E-state index contributed by atoms with van der Waals surface area (Å²) in [6, 6.07) is 4.36. The van der Waals surface area contributed by atoms with Crippen molar-refractivity contribution in [2.75, 3.05) is 33.4 Å². The van der Waals surface area contributed by atoms with E-state index in [2.05, 4.69) is 10.3 Å². The molecule has 2 aliphatic rings. The number of carbonyl (C=O) groups excluding carboxylic acids is 1. The molecule has 2 heterocycles. The number of nitrogens with zero attached hydrogens (tertiary/aromatic N) is 2. The number of aliphatic hydroxyl groups is 4. The molecule has 5 N–H and O–H groups in total. The molecule has 3 rings (SSSR count). The molecule has 11 heteroatoms. The summed E-state index contributed by atoms with van der Waals surface area (Å²) in [5.74, 6) is -1.64. The number of carbonyl (C=O) groups is 1. The smallest absolute Gasteiger partial charge is 0.269 e. The zero-order valence-corrected chi connectivity index (χ0v) is 19.7. The van der Waals surface area contributed by atoms with Gasteiger partial charge in [-0.2, -0.15) is 0 Å². The molecule has 4 unspecified atom stereocenters. The summed E-state index contributed by atoms with van der Waals surface area (Å²) in [6.45, 7) is 0.710. The lowest BCUT2D eigenvalue weighted by Crippen LogP contribution is -2.50. The predicted molar refractivity (Wildman–Crippen MR) is 124 cm³/mol. The Morgan fingerprint density at radius 1 is 1.41 bits per heavy atom. The Balaban J connectivity index is 1.79. The summed E-state index contributed by atoms with van der Waals surface area (Å²) in [5, 5.41) is 42.9. The number of hydrogen-bond acceptors (Lipinski definition) is 8. The van der Waals surface area contributed by atoms with E-state index < -0.39 is 36.2 Å². The van der Waals surface area contributed by atoms with E-state index in [0.29, 0.717) is 49.1 Å². The van der Waals surface area contributed by atoms with Crippen LogP contribution in [0.4, 0.5) is 4.39 Å². The van der Waals surface area contributed by atoms with Gasteiger partial charge in [-0.15, -0.1) is 0 Å². The van der Waals surface area contributed by atoms with Gasteiger partial charge in [-0.1, -0.05) is 17.7 Å². The topological polar surface area (TPSA) is 135 Å². The molecule has 34 heavy (non-hydrogen) atoms. The van der Waals surface area contributed by atoms with Crippen molar-refractivity contribution in [2.45, 2.75) is 44.4 Å². The van der Waals surface area contributed by atoms with Gasteiger partial charge in [-0.25, -0.2) is 9.38 Å². The maximum Gasteiger partial charge on any atom is 0.269 e. The number of rotatable bonds is 10. The van der Waals surface area contributed by atoms with Gasteiger partial charge in [0.05, 0.1) is 30.3 Å². The third kappa shape index (κ3) is 6.19. The lowest BCUT2D eigenvalue weighted by atomic mass is 9.82. The molecule has 0 aliphatic carbocycles. The Labute approximate surface area is 202 Å². The second-order valence-corrected chi connectivity index (χ2v) is 8.87. The SMILES string of the molecule is COCC1C2=C(CCN(Cc3ccc(F)c(Cl)c3)C2O)C(C(=O)NCCCC(O)CO)=NC1O. The Hall–Kier alpha value is -1.92. The second-order valence-electron chi connectivity index (χ2n) is 8.46. The third-order valence-electron chi connectivity index (χ3n) is 6.07. The second kappa shape index (κ2) is 12.2. The summed E-state index contributed by atoms with van der Waals surface area (Å²) >= 11 is 5.89. The van der Waals surface area contributed by atoms with Crippen molar-refractivity contribution in [1.82, 2.24) is 10.2 Å². The van der Waals surface area contributed by atoms with Crippen LogP contribution in [0, 0.1) is 11.7 Å². The zero-order chi connectivity index (χ0) is 24.8. The van der Waals surface area contributed by atoms with Gasteiger partial charge < -0.3 is 30.5 Å². The number of aliphatic hydroxyl groups excluding tert-OH is 4. The molecule has 1 aromatic carbocycles. The highest BCUT2D eigenvalue weighted by Crippen LogP contribution is 2.36. The van der Waals surface area contributed by atoms with Crippen LogP contribution in [0.25, 0.3) is 0 Å². The highest BCUT2D eigenvalue weighted by Gasteiger charge is 2.41. The first-order valence-electron chi connectivity index (χ1n) is 11.2. The highest BCUT2D eigenvalue weighted by atomic mass is 35.5. The van der Waals surface area contributed by atoms with E-state index in [1.54, 1.807) is 11.0 Å². The van der Waals surface area contributed by atoms with Crippen LogP contribution < -0.4 is 5.32 Å². The maximum absolute atomic E-state index is 13.5. The number of hydrogen-bond donors (Lipinski definition) is 5. The first-order valence-corrected chi connectivity index (χ1v) is 11.6. The van der Waals surface area contributed by atoms with Gasteiger partial charge in [0.15, 0.2) is 6.23 Å². The van der Waals surface area contributed by atoms with Crippen LogP contribution in [0.15, 0.2) is 34.3 Å². The minimum Gasteiger partial charge on any atom is -0.394 e. The number of ether oxygens (including phenoxy) is 1. The van der Waals surface area contributed by atoms with Gasteiger partial charge >= 0.3 is 0 Å². The van der Waals surface area contributed by atoms with Crippen LogP contribution in [-0.4, -0.2) is 88.9 Å². The molecule has 0 aromatic heterocycles. The summed E-state index contributed by atoms with van der Waals surface area (Å²) in [7, 11) is 1.48. The van der Waals surface area contributed by atoms with Crippen LogP contribution in [0.1, 0.15) is 24.8 Å². The van der Waals surface area contributed by atoms with Crippen LogP contribution in [0.5, 0.6) is 0 Å². The van der Waals surface area contributed by atoms with Crippen LogP contribution >= 0.6 is 11.6 Å². The lowest BCUT2D eigenvalue weighted by Gasteiger charge is -2.41. The number of dihydropyridines is 1. The van der Waals surface area contributed by atoms with Crippen LogP contribution in [-0.2, 0) is 16.1 Å². The van der Waals surface area contributed by atoms with Crippen molar-refractivity contribution < 1.29 is 34.3 Å². The Bertz CT molecular complexity index is 943. The first-order chi connectivity index (χ1) is 16.3. The van der Waals surface area contributed by atoms with Gasteiger partial charge in [0.1, 0.15) is 17.8 Å². The van der Waals surface area contributed by atoms with E-state index in [9.17, 15) is 24.5 Å². The number of nitrogens with one attached hydrogen (secondary N) is 1. The molecular formula is C23H31ClFN3O6. The largest absolute Gasteiger partial charge is 0.394 e. The minimum atomic E-state index is -1.27. The molecule has 0 saturated heterocycles. The van der Waals surface area contributed by atoms with Crippen LogP contribution in [0.2, 0.25) is 5.02 Å². The minimum absolute atomic E-state index is 0.00755. The van der Waals surface area contributed by atoms with E-state index in [1.165, 1.54) is 19.2 Å². The van der Waals surface area contributed by atoms with Crippen molar-refractivity contribution in [1.29, 1.82) is 0 Å². The van der Waals surface area contributed by atoms with Gasteiger partial charge in [0, 0.05) is 26.7 Å². The lowest BCUT2D eigenvalue weighted by molar-refractivity contribution is -0.115. The molecule has 0 radical (unpaired) electrons. The standard InChI is InChI=1S/C23H31ClFN3O6/c1-34-12-16-19-15(20(27-21(16)31)22(32)26-7-2-3-14(30)11-29)6-8-28(23(19)33)10-13-4-5-18(25)17(24)9-13/h4-5,9,14,16,21,23,29-31,33H,2-3,6-8,10-12H2,1H3,(H,26,32). The molecule has 0 spiro atoms. The molecule has 0 fully saturated rings. The summed E-state index contributed by atoms with van der Waals surface area (Å²) in [5.41, 5.74) is 1.83. The fourth-order valence-corrected chi connectivity index (χ4v) is 4.51. The fraction of sp³-hybridized carbons (Fsp3) is 0.565. The van der Waals surface area contributed by atoms with Gasteiger partial charge in [-0.05, 0) is 48.1 Å². The van der Waals surface area contributed by atoms with Crippen LogP contribution in [0.3, 0.4) is 0 Å². The average molecular weight is 500 g/mol. The molecule has 9 nitrogen and oxygen atoms in total. The number of methoxy groups -OCH3 is 1. The Morgan fingerprint density at radius 2 is 2.18 bits per heavy atom. The Kier molecular flexibility index (Phi) is 9.55. The van der Waals surface area contributed by atoms with Crippen molar-refractivity contribution in [3.63, 3.8) is 0 Å². The molecule has 0 saturated carbocycles. The van der Waals surface area contributed by atoms with Crippen molar-refractivity contribution >= 4 is 23.2 Å². The normalized spacial score (nSPS) is 24.0. The number of benzene rings is 1. The van der Waals surface area contributed by atoms with Crippen molar-refractivity contribution in [2.24, 2.45) is 10.9 Å². The van der Waals surface area contributed by atoms with E-state index in [0.717, 1.165) is 0 Å². The van der Waals surface area contributed by atoms with Gasteiger partial charge in [0.2, 0.25) is 0 Å². The summed E-state index contributed by atoms with van der Waals surface area (Å²) in [4.78, 5) is 18.8. The number of amides is 1. The summed E-state index contributed by atoms with van der Waals surface area (Å²) < 4.78 is 18.8. The first kappa shape index (κ1) is 26.7. The summed E-state index contributed by atoms with van der Waals surface area (Å²) in [6.07, 6.45) is -2.03. The van der Waals surface area contributed by atoms with E-state index in [4.69, 9.17) is 21.4 Å². The average Bonchev–Trinajstić information content (AvgIpc) is 2.82. The van der Waals surface area contributed by atoms with Crippen molar-refractivity contribution in [3.8, 4) is 0 Å². The van der Waals surface area contributed by atoms with E-state index in [1.807, 2.05) is 0 Å². The molecular weight excluding hydrogens is 469 g/mol. The molecule has 188 valence electrons. The third-order valence-corrected chi connectivity index (χ3v) is 6.36. The Morgan fingerprint density at radius 3 is 2.85 bits per heavy atom. The fourth-order valence-electron chi connectivity index (χ4n) is 4.31. The molecule has 0 bridgehead atoms. The van der Waals surface area contributed by atoms with E-state index >= 15 is 0 Å². The number of halogens is 2. The predicted octanol–water partition coefficient (Wildman–Crippen LogP) is 0.585. The van der Waals surface area contributed by atoms with Gasteiger partial charge in [-0.3, -0.25) is 9.69 Å². The quantitative estimate of drug-likeness (QED) is 0.297. The molecule has 1 amide bonds. The van der Waals surface area contributed by atoms with E-state index in [-0.39, 0.29) is 30.5 Å². The maximum atomic E-state index is 13.5. The molecule has 2 aliphatic heterocycles. The van der Waals surface area contributed by atoms with Crippen molar-refractivity contribution in [3.05, 3.63) is 45.7 Å². The highest BCUT2D eigenvalue weighted by molar-refractivity contribution is 6.45. The molecule has 1 aromatic rings.